The van der Waals surface area contributed by atoms with Crippen molar-refractivity contribution in [1.82, 2.24) is 9.80 Å². The molecule has 0 bridgehead atoms. The normalized spacial score (nSPS) is 19.5. The molecule has 0 radical (unpaired) electrons. The number of rotatable bonds is 7. The van der Waals surface area contributed by atoms with Gasteiger partial charge in [-0.05, 0) is 44.3 Å². The lowest BCUT2D eigenvalue weighted by molar-refractivity contribution is -0.135. The van der Waals surface area contributed by atoms with E-state index >= 15 is 0 Å². The Labute approximate surface area is 152 Å². The summed E-state index contributed by atoms with van der Waals surface area (Å²) >= 11 is 0. The number of likely N-dealkylation sites (tertiary alicyclic amines) is 1. The van der Waals surface area contributed by atoms with Gasteiger partial charge in [0.05, 0.1) is 0 Å². The standard InChI is InChI=1S/C22H32N2O/c25-22(21-13-5-6-14-21)24(19-18-23-15-7-2-8-16-23)17-9-12-20-10-3-1-4-11-20/h1,3-4,9-12,21H,2,5-8,13-19H2/b12-9+. The van der Waals surface area contributed by atoms with Crippen LogP contribution in [0.3, 0.4) is 0 Å². The van der Waals surface area contributed by atoms with Crippen LogP contribution < -0.4 is 0 Å². The topological polar surface area (TPSA) is 23.6 Å². The number of hydrogen-bond acceptors (Lipinski definition) is 2. The van der Waals surface area contributed by atoms with Crippen LogP contribution in [0, 0.1) is 5.92 Å². The Kier molecular flexibility index (Phi) is 7.10. The van der Waals surface area contributed by atoms with E-state index < -0.39 is 0 Å². The summed E-state index contributed by atoms with van der Waals surface area (Å²) in [5.41, 5.74) is 1.20. The van der Waals surface area contributed by atoms with E-state index in [0.717, 1.165) is 32.5 Å². The van der Waals surface area contributed by atoms with Gasteiger partial charge >= 0.3 is 0 Å². The summed E-state index contributed by atoms with van der Waals surface area (Å²) in [5, 5.41) is 0. The molecule has 0 atom stereocenters. The van der Waals surface area contributed by atoms with Gasteiger partial charge in [0.25, 0.3) is 0 Å². The van der Waals surface area contributed by atoms with E-state index in [2.05, 4.69) is 46.2 Å². The molecule has 3 nitrogen and oxygen atoms in total. The second-order valence-corrected chi connectivity index (χ2v) is 7.48. The number of benzene rings is 1. The third-order valence-corrected chi connectivity index (χ3v) is 5.59. The number of piperidine rings is 1. The van der Waals surface area contributed by atoms with E-state index in [1.54, 1.807) is 0 Å². The highest BCUT2D eigenvalue weighted by molar-refractivity contribution is 5.79. The lowest BCUT2D eigenvalue weighted by Crippen LogP contribution is -2.42. The number of nitrogens with zero attached hydrogens (tertiary/aromatic N) is 2. The maximum Gasteiger partial charge on any atom is 0.226 e. The maximum atomic E-state index is 12.9. The molecule has 136 valence electrons. The summed E-state index contributed by atoms with van der Waals surface area (Å²) in [6.45, 7) is 5.03. The van der Waals surface area contributed by atoms with Crippen molar-refractivity contribution in [1.29, 1.82) is 0 Å². The molecule has 1 saturated carbocycles. The van der Waals surface area contributed by atoms with Gasteiger partial charge < -0.3 is 9.80 Å². The molecule has 1 aliphatic heterocycles. The van der Waals surface area contributed by atoms with Crippen LogP contribution in [0.5, 0.6) is 0 Å². The van der Waals surface area contributed by atoms with Crippen LogP contribution in [0.25, 0.3) is 6.08 Å². The minimum Gasteiger partial charge on any atom is -0.337 e. The summed E-state index contributed by atoms with van der Waals surface area (Å²) in [7, 11) is 0. The monoisotopic (exact) mass is 340 g/mol. The van der Waals surface area contributed by atoms with Crippen LogP contribution in [0.1, 0.15) is 50.5 Å². The van der Waals surface area contributed by atoms with Crippen molar-refractivity contribution in [2.45, 2.75) is 44.9 Å². The molecule has 0 N–H and O–H groups in total. The Morgan fingerprint density at radius 3 is 2.48 bits per heavy atom. The van der Waals surface area contributed by atoms with Gasteiger partial charge in [-0.1, -0.05) is 61.7 Å². The van der Waals surface area contributed by atoms with Crippen molar-refractivity contribution in [3.05, 3.63) is 42.0 Å². The van der Waals surface area contributed by atoms with E-state index in [1.807, 2.05) is 6.07 Å². The van der Waals surface area contributed by atoms with E-state index in [4.69, 9.17) is 0 Å². The smallest absolute Gasteiger partial charge is 0.226 e. The van der Waals surface area contributed by atoms with E-state index in [9.17, 15) is 4.79 Å². The van der Waals surface area contributed by atoms with Gasteiger partial charge in [0.2, 0.25) is 5.91 Å². The first-order valence-corrected chi connectivity index (χ1v) is 10.1. The molecule has 0 unspecified atom stereocenters. The highest BCUT2D eigenvalue weighted by atomic mass is 16.2. The summed E-state index contributed by atoms with van der Waals surface area (Å²) in [6, 6.07) is 10.3. The first-order valence-electron chi connectivity index (χ1n) is 10.1. The van der Waals surface area contributed by atoms with Gasteiger partial charge in [-0.3, -0.25) is 4.79 Å². The second-order valence-electron chi connectivity index (χ2n) is 7.48. The third kappa shape index (κ3) is 5.71. The third-order valence-electron chi connectivity index (χ3n) is 5.59. The van der Waals surface area contributed by atoms with E-state index in [0.29, 0.717) is 5.91 Å². The zero-order valence-electron chi connectivity index (χ0n) is 15.4. The molecule has 1 aromatic rings. The van der Waals surface area contributed by atoms with Crippen LogP contribution in [-0.2, 0) is 4.79 Å². The van der Waals surface area contributed by atoms with Crippen molar-refractivity contribution in [3.63, 3.8) is 0 Å². The number of hydrogen-bond donors (Lipinski definition) is 0. The molecule has 1 heterocycles. The van der Waals surface area contributed by atoms with Gasteiger partial charge in [0.15, 0.2) is 0 Å². The zero-order chi connectivity index (χ0) is 17.3. The fourth-order valence-electron chi connectivity index (χ4n) is 4.05. The summed E-state index contributed by atoms with van der Waals surface area (Å²) in [5.74, 6) is 0.652. The molecule has 1 aromatic carbocycles. The molecular formula is C22H32N2O. The van der Waals surface area contributed by atoms with E-state index in [-0.39, 0.29) is 5.92 Å². The molecule has 3 heteroatoms. The lowest BCUT2D eigenvalue weighted by atomic mass is 10.1. The number of carbonyl (C=O) groups is 1. The molecule has 2 aliphatic rings. The Morgan fingerprint density at radius 1 is 1.04 bits per heavy atom. The molecule has 0 aromatic heterocycles. The second kappa shape index (κ2) is 9.76. The average molecular weight is 341 g/mol. The highest BCUT2D eigenvalue weighted by Crippen LogP contribution is 2.26. The van der Waals surface area contributed by atoms with Crippen LogP contribution in [0.15, 0.2) is 36.4 Å². The SMILES string of the molecule is O=C(C1CCCC1)N(C/C=C/c1ccccc1)CCN1CCCCC1. The predicted octanol–water partition coefficient (Wildman–Crippen LogP) is 4.20. The molecular weight excluding hydrogens is 308 g/mol. The van der Waals surface area contributed by atoms with Crippen LogP contribution in [0.2, 0.25) is 0 Å². The largest absolute Gasteiger partial charge is 0.337 e. The van der Waals surface area contributed by atoms with Gasteiger partial charge in [0.1, 0.15) is 0 Å². The Morgan fingerprint density at radius 2 is 1.76 bits per heavy atom. The van der Waals surface area contributed by atoms with Crippen LogP contribution in [0.4, 0.5) is 0 Å². The van der Waals surface area contributed by atoms with Gasteiger partial charge in [0, 0.05) is 25.6 Å². The van der Waals surface area contributed by atoms with Crippen molar-refractivity contribution < 1.29 is 4.79 Å². The van der Waals surface area contributed by atoms with Crippen molar-refractivity contribution in [2.24, 2.45) is 5.92 Å². The molecule has 1 saturated heterocycles. The number of amides is 1. The quantitative estimate of drug-likeness (QED) is 0.742. The first-order chi connectivity index (χ1) is 12.3. The molecule has 25 heavy (non-hydrogen) atoms. The predicted molar refractivity (Wildman–Crippen MR) is 104 cm³/mol. The first kappa shape index (κ1) is 18.2. The summed E-state index contributed by atoms with van der Waals surface area (Å²) in [4.78, 5) is 17.6. The highest BCUT2D eigenvalue weighted by Gasteiger charge is 2.27. The Balaban J connectivity index is 1.56. The minimum atomic E-state index is 0.270. The molecule has 1 amide bonds. The zero-order valence-corrected chi connectivity index (χ0v) is 15.4. The van der Waals surface area contributed by atoms with Crippen LogP contribution in [-0.4, -0.2) is 48.4 Å². The Hall–Kier alpha value is -1.61. The minimum absolute atomic E-state index is 0.270. The summed E-state index contributed by atoms with van der Waals surface area (Å²) in [6.07, 6.45) is 12.9. The van der Waals surface area contributed by atoms with Gasteiger partial charge in [-0.25, -0.2) is 0 Å². The number of carbonyl (C=O) groups excluding carboxylic acids is 1. The van der Waals surface area contributed by atoms with Crippen molar-refractivity contribution in [3.8, 4) is 0 Å². The molecule has 0 spiro atoms. The van der Waals surface area contributed by atoms with Crippen molar-refractivity contribution >= 4 is 12.0 Å². The van der Waals surface area contributed by atoms with Gasteiger partial charge in [-0.15, -0.1) is 0 Å². The average Bonchev–Trinajstić information content (AvgIpc) is 3.20. The van der Waals surface area contributed by atoms with Gasteiger partial charge in [-0.2, -0.15) is 0 Å². The fourth-order valence-corrected chi connectivity index (χ4v) is 4.05. The lowest BCUT2D eigenvalue weighted by Gasteiger charge is -2.30. The van der Waals surface area contributed by atoms with Crippen LogP contribution >= 0.6 is 0 Å². The Bertz CT molecular complexity index is 542. The summed E-state index contributed by atoms with van der Waals surface area (Å²) < 4.78 is 0. The van der Waals surface area contributed by atoms with Crippen molar-refractivity contribution in [2.75, 3.05) is 32.7 Å². The maximum absolute atomic E-state index is 12.9. The molecule has 3 rings (SSSR count). The van der Waals surface area contributed by atoms with E-state index in [1.165, 1.54) is 50.8 Å². The molecule has 1 aliphatic carbocycles. The fraction of sp³-hybridized carbons (Fsp3) is 0.591. The molecule has 2 fully saturated rings.